The van der Waals surface area contributed by atoms with E-state index >= 15 is 0 Å². The Morgan fingerprint density at radius 2 is 1.90 bits per heavy atom. The Kier molecular flexibility index (Phi) is 4.94. The lowest BCUT2D eigenvalue weighted by atomic mass is 10.0. The maximum absolute atomic E-state index is 12.0. The Bertz CT molecular complexity index is 563. The summed E-state index contributed by atoms with van der Waals surface area (Å²) < 4.78 is 23.0. The van der Waals surface area contributed by atoms with E-state index in [4.69, 9.17) is 0 Å². The molecule has 1 saturated heterocycles. The second-order valence-corrected chi connectivity index (χ2v) is 7.58. The molecular formula is C15H21NO3S. The maximum atomic E-state index is 12.0. The van der Waals surface area contributed by atoms with Gasteiger partial charge in [0.15, 0.2) is 9.84 Å². The summed E-state index contributed by atoms with van der Waals surface area (Å²) in [5, 5.41) is 3.11. The van der Waals surface area contributed by atoms with Crippen molar-refractivity contribution < 1.29 is 13.2 Å². The van der Waals surface area contributed by atoms with Crippen LogP contribution in [0, 0.1) is 0 Å². The van der Waals surface area contributed by atoms with Gasteiger partial charge in [-0.25, -0.2) is 8.42 Å². The molecule has 1 aromatic carbocycles. The standard InChI is InChI=1S/C15H21NO3S/c1-2-12-3-5-13(6-4-12)9-15(17)10-14-11-20(18,19)8-7-16-14/h3-6,14,16H,2,7-11H2,1H3. The number of hydrogen-bond acceptors (Lipinski definition) is 4. The Balaban J connectivity index is 1.88. The van der Waals surface area contributed by atoms with Crippen LogP contribution in [0.1, 0.15) is 24.5 Å². The van der Waals surface area contributed by atoms with Gasteiger partial charge in [0.25, 0.3) is 0 Å². The molecule has 0 spiro atoms. The fourth-order valence-electron chi connectivity index (χ4n) is 2.47. The van der Waals surface area contributed by atoms with Gasteiger partial charge in [0.1, 0.15) is 5.78 Å². The molecule has 4 nitrogen and oxygen atoms in total. The van der Waals surface area contributed by atoms with Gasteiger partial charge in [0.05, 0.1) is 11.5 Å². The lowest BCUT2D eigenvalue weighted by Crippen LogP contribution is -2.46. The summed E-state index contributed by atoms with van der Waals surface area (Å²) in [6, 6.07) is 7.79. The van der Waals surface area contributed by atoms with Gasteiger partial charge in [-0.05, 0) is 17.5 Å². The minimum atomic E-state index is -2.97. The summed E-state index contributed by atoms with van der Waals surface area (Å²) in [5.41, 5.74) is 2.24. The lowest BCUT2D eigenvalue weighted by molar-refractivity contribution is -0.118. The molecule has 1 fully saturated rings. The van der Waals surface area contributed by atoms with Gasteiger partial charge in [-0.3, -0.25) is 4.79 Å². The average Bonchev–Trinajstić information content (AvgIpc) is 2.38. The molecule has 1 atom stereocenters. The summed E-state index contributed by atoms with van der Waals surface area (Å²) in [4.78, 5) is 12.0. The number of Topliss-reactive ketones (excluding diaryl/α,β-unsaturated/α-hetero) is 1. The van der Waals surface area contributed by atoms with Crippen LogP contribution in [0.5, 0.6) is 0 Å². The van der Waals surface area contributed by atoms with Crippen LogP contribution in [0.4, 0.5) is 0 Å². The number of benzene rings is 1. The van der Waals surface area contributed by atoms with Crippen molar-refractivity contribution in [3.05, 3.63) is 35.4 Å². The van der Waals surface area contributed by atoms with E-state index in [9.17, 15) is 13.2 Å². The number of hydrogen-bond donors (Lipinski definition) is 1. The third-order valence-corrected chi connectivity index (χ3v) is 5.34. The number of rotatable bonds is 5. The van der Waals surface area contributed by atoms with Crippen molar-refractivity contribution in [2.24, 2.45) is 0 Å². The van der Waals surface area contributed by atoms with Crippen LogP contribution >= 0.6 is 0 Å². The summed E-state index contributed by atoms with van der Waals surface area (Å²) in [6.45, 7) is 2.54. The van der Waals surface area contributed by atoms with Crippen molar-refractivity contribution in [2.45, 2.75) is 32.2 Å². The fraction of sp³-hybridized carbons (Fsp3) is 0.533. The first-order chi connectivity index (χ1) is 9.48. The van der Waals surface area contributed by atoms with E-state index in [2.05, 4.69) is 12.2 Å². The second kappa shape index (κ2) is 6.50. The molecule has 110 valence electrons. The van der Waals surface area contributed by atoms with E-state index in [0.29, 0.717) is 13.0 Å². The minimum absolute atomic E-state index is 0.0769. The maximum Gasteiger partial charge on any atom is 0.153 e. The molecule has 0 aliphatic carbocycles. The number of carbonyl (C=O) groups excluding carboxylic acids is 1. The summed E-state index contributed by atoms with van der Waals surface area (Å²) in [5.74, 6) is 0.341. The molecule has 0 saturated carbocycles. The predicted molar refractivity (Wildman–Crippen MR) is 79.6 cm³/mol. The molecular weight excluding hydrogens is 274 g/mol. The molecule has 0 aromatic heterocycles. The van der Waals surface area contributed by atoms with E-state index in [1.54, 1.807) is 0 Å². The van der Waals surface area contributed by atoms with Crippen LogP contribution in [0.25, 0.3) is 0 Å². The minimum Gasteiger partial charge on any atom is -0.312 e. The van der Waals surface area contributed by atoms with E-state index < -0.39 is 9.84 Å². The van der Waals surface area contributed by atoms with Gasteiger partial charge in [-0.1, -0.05) is 31.2 Å². The smallest absolute Gasteiger partial charge is 0.153 e. The number of sulfone groups is 1. The molecule has 1 aliphatic heterocycles. The Morgan fingerprint density at radius 3 is 2.50 bits per heavy atom. The first-order valence-electron chi connectivity index (χ1n) is 7.02. The molecule has 0 amide bonds. The normalized spacial score (nSPS) is 21.6. The number of carbonyl (C=O) groups is 1. The third kappa shape index (κ3) is 4.42. The SMILES string of the molecule is CCc1ccc(CC(=O)CC2CS(=O)(=O)CCN2)cc1. The number of aryl methyl sites for hydroxylation is 1. The predicted octanol–water partition coefficient (Wildman–Crippen LogP) is 1.14. The Labute approximate surface area is 120 Å². The fourth-order valence-corrected chi connectivity index (χ4v) is 3.91. The first-order valence-corrected chi connectivity index (χ1v) is 8.84. The van der Waals surface area contributed by atoms with Crippen LogP contribution in [-0.4, -0.2) is 38.3 Å². The van der Waals surface area contributed by atoms with Gasteiger partial charge < -0.3 is 5.32 Å². The van der Waals surface area contributed by atoms with Crippen LogP contribution in [0.2, 0.25) is 0 Å². The van der Waals surface area contributed by atoms with Crippen molar-refractivity contribution in [1.29, 1.82) is 0 Å². The molecule has 1 aliphatic rings. The zero-order valence-corrected chi connectivity index (χ0v) is 12.6. The zero-order valence-electron chi connectivity index (χ0n) is 11.8. The van der Waals surface area contributed by atoms with E-state index in [1.807, 2.05) is 24.3 Å². The van der Waals surface area contributed by atoms with Gasteiger partial charge in [0.2, 0.25) is 0 Å². The van der Waals surface area contributed by atoms with Crippen molar-refractivity contribution in [3.63, 3.8) is 0 Å². The highest BCUT2D eigenvalue weighted by atomic mass is 32.2. The van der Waals surface area contributed by atoms with Crippen molar-refractivity contribution in [2.75, 3.05) is 18.1 Å². The third-order valence-electron chi connectivity index (χ3n) is 3.61. The highest BCUT2D eigenvalue weighted by Gasteiger charge is 2.25. The molecule has 1 N–H and O–H groups in total. The molecule has 0 bridgehead atoms. The average molecular weight is 295 g/mol. The van der Waals surface area contributed by atoms with E-state index in [1.165, 1.54) is 5.56 Å². The number of nitrogens with one attached hydrogen (secondary N) is 1. The van der Waals surface area contributed by atoms with Gasteiger partial charge in [-0.2, -0.15) is 0 Å². The number of ketones is 1. The van der Waals surface area contributed by atoms with Crippen LogP contribution in [0.15, 0.2) is 24.3 Å². The molecule has 1 heterocycles. The van der Waals surface area contributed by atoms with Gasteiger partial charge in [0, 0.05) is 25.4 Å². The highest BCUT2D eigenvalue weighted by molar-refractivity contribution is 7.91. The van der Waals surface area contributed by atoms with Crippen molar-refractivity contribution >= 4 is 15.6 Å². The Hall–Kier alpha value is -1.20. The highest BCUT2D eigenvalue weighted by Crippen LogP contribution is 2.10. The molecule has 20 heavy (non-hydrogen) atoms. The summed E-state index contributed by atoms with van der Waals surface area (Å²) >= 11 is 0. The van der Waals surface area contributed by atoms with Crippen molar-refractivity contribution in [3.8, 4) is 0 Å². The molecule has 1 aromatic rings. The van der Waals surface area contributed by atoms with Gasteiger partial charge >= 0.3 is 0 Å². The van der Waals surface area contributed by atoms with Crippen LogP contribution in [0.3, 0.4) is 0 Å². The van der Waals surface area contributed by atoms with Gasteiger partial charge in [-0.15, -0.1) is 0 Å². The zero-order chi connectivity index (χ0) is 14.6. The summed E-state index contributed by atoms with van der Waals surface area (Å²) in [6.07, 6.45) is 1.65. The molecule has 0 radical (unpaired) electrons. The quantitative estimate of drug-likeness (QED) is 0.885. The lowest BCUT2D eigenvalue weighted by Gasteiger charge is -2.22. The monoisotopic (exact) mass is 295 g/mol. The van der Waals surface area contributed by atoms with E-state index in [-0.39, 0.29) is 29.8 Å². The largest absolute Gasteiger partial charge is 0.312 e. The van der Waals surface area contributed by atoms with Crippen LogP contribution < -0.4 is 5.32 Å². The van der Waals surface area contributed by atoms with Crippen molar-refractivity contribution in [1.82, 2.24) is 5.32 Å². The van der Waals surface area contributed by atoms with E-state index in [0.717, 1.165) is 12.0 Å². The summed E-state index contributed by atoms with van der Waals surface area (Å²) in [7, 11) is -2.97. The topological polar surface area (TPSA) is 63.2 Å². The molecule has 2 rings (SSSR count). The second-order valence-electron chi connectivity index (χ2n) is 5.36. The molecule has 5 heteroatoms. The van der Waals surface area contributed by atoms with Crippen LogP contribution in [-0.2, 0) is 27.5 Å². The Morgan fingerprint density at radius 1 is 1.25 bits per heavy atom. The molecule has 1 unspecified atom stereocenters. The first kappa shape index (κ1) is 15.2.